The fourth-order valence-electron chi connectivity index (χ4n) is 3.21. The third kappa shape index (κ3) is 3.58. The predicted octanol–water partition coefficient (Wildman–Crippen LogP) is 5.21. The Morgan fingerprint density at radius 1 is 0.423 bits per heavy atom. The Balaban J connectivity index is 0.00000196. The first-order valence-electron chi connectivity index (χ1n) is 8.36. The van der Waals surface area contributed by atoms with E-state index in [1.165, 1.54) is 27.8 Å². The van der Waals surface area contributed by atoms with Crippen LogP contribution in [-0.2, 0) is 0 Å². The maximum Gasteiger partial charge on any atom is 0.187 e. The number of benzene rings is 4. The molecule has 0 saturated heterocycles. The van der Waals surface area contributed by atoms with Crippen molar-refractivity contribution in [3.8, 4) is 39.1 Å². The van der Waals surface area contributed by atoms with Gasteiger partial charge in [0, 0.05) is 0 Å². The molecule has 0 saturated carbocycles. The zero-order valence-electron chi connectivity index (χ0n) is 13.8. The third-order valence-electron chi connectivity index (χ3n) is 4.39. The van der Waals surface area contributed by atoms with E-state index in [2.05, 4.69) is 66.7 Å². The average molecular weight is 352 g/mol. The van der Waals surface area contributed by atoms with E-state index in [4.69, 9.17) is 0 Å². The second kappa shape index (κ2) is 8.06. The third-order valence-corrected chi connectivity index (χ3v) is 4.39. The van der Waals surface area contributed by atoms with Crippen molar-refractivity contribution in [3.05, 3.63) is 103 Å². The summed E-state index contributed by atoms with van der Waals surface area (Å²) < 4.78 is 0. The zero-order valence-corrected chi connectivity index (χ0v) is 13.8. The molecule has 4 rings (SSSR count). The molecule has 0 unspecified atom stereocenters. The SMILES string of the molecule is Oc1ccc(-c2c(-c3ccccc3)cccc2-c2ccccc2)cc1.[AlH3]. The monoisotopic (exact) mass is 352 g/mol. The largest absolute Gasteiger partial charge is 0.508 e. The fraction of sp³-hybridized carbons (Fsp3) is 0. The molecule has 1 nitrogen and oxygen atoms in total. The van der Waals surface area contributed by atoms with Gasteiger partial charge in [0.15, 0.2) is 17.4 Å². The van der Waals surface area contributed by atoms with Crippen LogP contribution in [0, 0.1) is 0 Å². The number of rotatable bonds is 3. The van der Waals surface area contributed by atoms with Gasteiger partial charge in [-0.1, -0.05) is 91.0 Å². The summed E-state index contributed by atoms with van der Waals surface area (Å²) in [6.07, 6.45) is 0. The van der Waals surface area contributed by atoms with Crippen LogP contribution >= 0.6 is 0 Å². The van der Waals surface area contributed by atoms with Gasteiger partial charge in [0.2, 0.25) is 0 Å². The standard InChI is InChI=1S/C24H18O.Al.3H/c25-21-16-14-20(15-17-21)24-22(18-8-3-1-4-9-18)12-7-13-23(24)19-10-5-2-6-11-19;;;;/h1-17,25H;;;;. The lowest BCUT2D eigenvalue weighted by atomic mass is 9.88. The number of phenolic OH excluding ortho intramolecular Hbond substituents is 1. The minimum Gasteiger partial charge on any atom is -0.508 e. The summed E-state index contributed by atoms with van der Waals surface area (Å²) in [6, 6.07) is 34.7. The lowest BCUT2D eigenvalue weighted by Gasteiger charge is -2.16. The molecule has 0 aliphatic carbocycles. The van der Waals surface area contributed by atoms with E-state index in [0.717, 1.165) is 5.56 Å². The van der Waals surface area contributed by atoms with Gasteiger partial charge in [0.1, 0.15) is 5.75 Å². The zero-order chi connectivity index (χ0) is 17.1. The van der Waals surface area contributed by atoms with Crippen LogP contribution in [0.1, 0.15) is 0 Å². The van der Waals surface area contributed by atoms with Crippen LogP contribution in [0.2, 0.25) is 0 Å². The van der Waals surface area contributed by atoms with E-state index in [-0.39, 0.29) is 23.1 Å². The lowest BCUT2D eigenvalue weighted by Crippen LogP contribution is -1.90. The average Bonchev–Trinajstić information content (AvgIpc) is 2.69. The van der Waals surface area contributed by atoms with Crippen molar-refractivity contribution in [2.45, 2.75) is 0 Å². The Bertz CT molecular complexity index is 920. The molecule has 4 aromatic carbocycles. The molecule has 2 heteroatoms. The van der Waals surface area contributed by atoms with Crippen LogP contribution in [0.4, 0.5) is 0 Å². The number of hydrogen-bond acceptors (Lipinski definition) is 1. The summed E-state index contributed by atoms with van der Waals surface area (Å²) in [5, 5.41) is 9.68. The molecule has 0 radical (unpaired) electrons. The van der Waals surface area contributed by atoms with E-state index < -0.39 is 0 Å². The molecular weight excluding hydrogens is 331 g/mol. The molecule has 0 aromatic heterocycles. The number of aromatic hydroxyl groups is 1. The smallest absolute Gasteiger partial charge is 0.187 e. The van der Waals surface area contributed by atoms with Crippen molar-refractivity contribution in [1.29, 1.82) is 0 Å². The normalized spacial score (nSPS) is 10.2. The van der Waals surface area contributed by atoms with Gasteiger partial charge in [-0.15, -0.1) is 0 Å². The molecule has 0 aliphatic heterocycles. The molecule has 0 aliphatic rings. The molecular formula is C24H21AlO. The predicted molar refractivity (Wildman–Crippen MR) is 114 cm³/mol. The van der Waals surface area contributed by atoms with E-state index in [1.54, 1.807) is 12.1 Å². The lowest BCUT2D eigenvalue weighted by molar-refractivity contribution is 0.475. The summed E-state index contributed by atoms with van der Waals surface area (Å²) in [6.45, 7) is 0. The maximum atomic E-state index is 9.68. The first kappa shape index (κ1) is 18.0. The topological polar surface area (TPSA) is 20.2 Å². The highest BCUT2D eigenvalue weighted by Gasteiger charge is 2.13. The molecule has 26 heavy (non-hydrogen) atoms. The molecule has 1 N–H and O–H groups in total. The van der Waals surface area contributed by atoms with Crippen molar-refractivity contribution >= 4 is 17.4 Å². The van der Waals surface area contributed by atoms with Gasteiger partial charge in [-0.05, 0) is 45.5 Å². The van der Waals surface area contributed by atoms with Gasteiger partial charge >= 0.3 is 0 Å². The Labute approximate surface area is 164 Å². The molecule has 126 valence electrons. The maximum absolute atomic E-state index is 9.68. The minimum absolute atomic E-state index is 0. The van der Waals surface area contributed by atoms with Crippen LogP contribution in [0.3, 0.4) is 0 Å². The number of hydrogen-bond donors (Lipinski definition) is 1. The van der Waals surface area contributed by atoms with Crippen molar-refractivity contribution in [2.75, 3.05) is 0 Å². The minimum atomic E-state index is 0. The van der Waals surface area contributed by atoms with E-state index in [0.29, 0.717) is 0 Å². The highest BCUT2D eigenvalue weighted by molar-refractivity contribution is 5.94. The van der Waals surface area contributed by atoms with Crippen LogP contribution < -0.4 is 0 Å². The Morgan fingerprint density at radius 2 is 0.885 bits per heavy atom. The van der Waals surface area contributed by atoms with Gasteiger partial charge in [0.05, 0.1) is 0 Å². The van der Waals surface area contributed by atoms with Crippen LogP contribution in [0.15, 0.2) is 103 Å². The molecule has 0 heterocycles. The molecule has 0 fully saturated rings. The van der Waals surface area contributed by atoms with E-state index >= 15 is 0 Å². The quantitative estimate of drug-likeness (QED) is 0.502. The van der Waals surface area contributed by atoms with Crippen molar-refractivity contribution < 1.29 is 5.11 Å². The molecule has 4 aromatic rings. The number of phenols is 1. The van der Waals surface area contributed by atoms with Crippen molar-refractivity contribution in [3.63, 3.8) is 0 Å². The van der Waals surface area contributed by atoms with E-state index in [9.17, 15) is 5.11 Å². The second-order valence-corrected chi connectivity index (χ2v) is 6.01. The fourth-order valence-corrected chi connectivity index (χ4v) is 3.21. The summed E-state index contributed by atoms with van der Waals surface area (Å²) in [5.41, 5.74) is 7.02. The molecule has 0 atom stereocenters. The highest BCUT2D eigenvalue weighted by atomic mass is 27.0. The second-order valence-electron chi connectivity index (χ2n) is 6.01. The first-order chi connectivity index (χ1) is 12.3. The summed E-state index contributed by atoms with van der Waals surface area (Å²) in [5.74, 6) is 0.280. The van der Waals surface area contributed by atoms with Gasteiger partial charge in [-0.3, -0.25) is 0 Å². The van der Waals surface area contributed by atoms with Gasteiger partial charge in [-0.25, -0.2) is 0 Å². The molecule has 0 bridgehead atoms. The highest BCUT2D eigenvalue weighted by Crippen LogP contribution is 2.40. The van der Waals surface area contributed by atoms with Crippen LogP contribution in [-0.4, -0.2) is 22.5 Å². The summed E-state index contributed by atoms with van der Waals surface area (Å²) >= 11 is 0. The van der Waals surface area contributed by atoms with Gasteiger partial charge < -0.3 is 5.11 Å². The Hall–Kier alpha value is -2.79. The van der Waals surface area contributed by atoms with E-state index in [1.807, 2.05) is 24.3 Å². The summed E-state index contributed by atoms with van der Waals surface area (Å²) in [7, 11) is 0. The summed E-state index contributed by atoms with van der Waals surface area (Å²) in [4.78, 5) is 0. The van der Waals surface area contributed by atoms with Gasteiger partial charge in [-0.2, -0.15) is 0 Å². The molecule has 0 amide bonds. The van der Waals surface area contributed by atoms with Gasteiger partial charge in [0.25, 0.3) is 0 Å². The van der Waals surface area contributed by atoms with Crippen molar-refractivity contribution in [2.24, 2.45) is 0 Å². The Morgan fingerprint density at radius 3 is 1.35 bits per heavy atom. The van der Waals surface area contributed by atoms with Crippen LogP contribution in [0.5, 0.6) is 5.75 Å². The first-order valence-corrected chi connectivity index (χ1v) is 8.36. The van der Waals surface area contributed by atoms with Crippen molar-refractivity contribution in [1.82, 2.24) is 0 Å². The Kier molecular flexibility index (Phi) is 5.59. The van der Waals surface area contributed by atoms with Crippen LogP contribution in [0.25, 0.3) is 33.4 Å². The molecule has 0 spiro atoms.